The fourth-order valence-electron chi connectivity index (χ4n) is 2.01. The number of carbonyl (C=O) groups excluding carboxylic acids is 1. The summed E-state index contributed by atoms with van der Waals surface area (Å²) in [5, 5.41) is 0. The van der Waals surface area contributed by atoms with Crippen LogP contribution in [-0.4, -0.2) is 62.0 Å². The van der Waals surface area contributed by atoms with Crippen LogP contribution in [0, 0.1) is 0 Å². The molecule has 0 aromatic carbocycles. The average molecular weight is 277 g/mol. The summed E-state index contributed by atoms with van der Waals surface area (Å²) in [7, 11) is -3.12. The van der Waals surface area contributed by atoms with Crippen LogP contribution in [-0.2, 0) is 14.8 Å². The summed E-state index contributed by atoms with van der Waals surface area (Å²) in [5.74, 6) is 0.265. The minimum Gasteiger partial charge on any atom is -0.340 e. The SMILES string of the molecule is CCCS(=O)(=O)N1CCN(C(=O)CCCN)CC1. The van der Waals surface area contributed by atoms with E-state index in [1.54, 1.807) is 4.90 Å². The quantitative estimate of drug-likeness (QED) is 0.716. The van der Waals surface area contributed by atoms with Crippen molar-refractivity contribution in [3.05, 3.63) is 0 Å². The number of sulfonamides is 1. The summed E-state index contributed by atoms with van der Waals surface area (Å²) in [6.45, 7) is 4.17. The van der Waals surface area contributed by atoms with E-state index in [0.29, 0.717) is 52.0 Å². The van der Waals surface area contributed by atoms with Crippen LogP contribution in [0.25, 0.3) is 0 Å². The molecule has 1 aliphatic rings. The van der Waals surface area contributed by atoms with Crippen molar-refractivity contribution in [1.82, 2.24) is 9.21 Å². The van der Waals surface area contributed by atoms with E-state index in [1.807, 2.05) is 6.92 Å². The van der Waals surface area contributed by atoms with Gasteiger partial charge in [0.1, 0.15) is 0 Å². The van der Waals surface area contributed by atoms with Crippen LogP contribution in [0.1, 0.15) is 26.2 Å². The van der Waals surface area contributed by atoms with E-state index in [1.165, 1.54) is 4.31 Å². The van der Waals surface area contributed by atoms with E-state index >= 15 is 0 Å². The second-order valence-electron chi connectivity index (χ2n) is 4.49. The molecule has 1 heterocycles. The van der Waals surface area contributed by atoms with Crippen LogP contribution in [0.4, 0.5) is 0 Å². The summed E-state index contributed by atoms with van der Waals surface area (Å²) in [6, 6.07) is 0. The Balaban J connectivity index is 2.43. The Morgan fingerprint density at radius 2 is 1.83 bits per heavy atom. The van der Waals surface area contributed by atoms with Gasteiger partial charge in [0.25, 0.3) is 0 Å². The maximum absolute atomic E-state index is 11.8. The molecule has 0 aromatic heterocycles. The predicted molar refractivity (Wildman–Crippen MR) is 70.5 cm³/mol. The molecule has 1 saturated heterocycles. The fraction of sp³-hybridized carbons (Fsp3) is 0.909. The van der Waals surface area contributed by atoms with E-state index in [9.17, 15) is 13.2 Å². The van der Waals surface area contributed by atoms with E-state index in [4.69, 9.17) is 5.73 Å². The van der Waals surface area contributed by atoms with Crippen molar-refractivity contribution in [1.29, 1.82) is 0 Å². The van der Waals surface area contributed by atoms with Gasteiger partial charge in [-0.3, -0.25) is 4.79 Å². The molecule has 1 aliphatic heterocycles. The molecule has 0 unspecified atom stereocenters. The van der Waals surface area contributed by atoms with E-state index < -0.39 is 10.0 Å². The van der Waals surface area contributed by atoms with E-state index in [2.05, 4.69) is 0 Å². The van der Waals surface area contributed by atoms with Gasteiger partial charge in [-0.2, -0.15) is 4.31 Å². The lowest BCUT2D eigenvalue weighted by Gasteiger charge is -2.34. The van der Waals surface area contributed by atoms with Crippen molar-refractivity contribution >= 4 is 15.9 Å². The van der Waals surface area contributed by atoms with Crippen LogP contribution in [0.2, 0.25) is 0 Å². The van der Waals surface area contributed by atoms with Crippen molar-refractivity contribution in [2.75, 3.05) is 38.5 Å². The number of carbonyl (C=O) groups is 1. The summed E-state index contributed by atoms with van der Waals surface area (Å²) >= 11 is 0. The van der Waals surface area contributed by atoms with E-state index in [0.717, 1.165) is 0 Å². The largest absolute Gasteiger partial charge is 0.340 e. The Kier molecular flexibility index (Phi) is 6.04. The molecule has 0 bridgehead atoms. The summed E-state index contributed by atoms with van der Waals surface area (Å²) in [5.41, 5.74) is 5.36. The van der Waals surface area contributed by atoms with Crippen molar-refractivity contribution < 1.29 is 13.2 Å². The molecule has 1 amide bonds. The van der Waals surface area contributed by atoms with Gasteiger partial charge >= 0.3 is 0 Å². The molecule has 0 spiro atoms. The number of hydrogen-bond acceptors (Lipinski definition) is 4. The van der Waals surface area contributed by atoms with Crippen molar-refractivity contribution in [3.8, 4) is 0 Å². The monoisotopic (exact) mass is 277 g/mol. The maximum Gasteiger partial charge on any atom is 0.222 e. The molecule has 0 saturated carbocycles. The third kappa shape index (κ3) is 4.22. The highest BCUT2D eigenvalue weighted by atomic mass is 32.2. The van der Waals surface area contributed by atoms with Crippen LogP contribution in [0.15, 0.2) is 0 Å². The maximum atomic E-state index is 11.8. The fourth-order valence-corrected chi connectivity index (χ4v) is 3.51. The van der Waals surface area contributed by atoms with Gasteiger partial charge in [-0.1, -0.05) is 6.92 Å². The van der Waals surface area contributed by atoms with Crippen molar-refractivity contribution in [2.45, 2.75) is 26.2 Å². The molecule has 0 aliphatic carbocycles. The first-order valence-corrected chi connectivity index (χ1v) is 8.08. The van der Waals surface area contributed by atoms with Gasteiger partial charge in [-0.05, 0) is 19.4 Å². The minimum absolute atomic E-state index is 0.0768. The third-order valence-electron chi connectivity index (χ3n) is 3.04. The Hall–Kier alpha value is -0.660. The number of rotatable bonds is 6. The number of piperazine rings is 1. The highest BCUT2D eigenvalue weighted by Gasteiger charge is 2.27. The molecule has 0 aromatic rings. The molecular weight excluding hydrogens is 254 g/mol. The Bertz CT molecular complexity index is 362. The summed E-state index contributed by atoms with van der Waals surface area (Å²) in [4.78, 5) is 13.5. The molecule has 18 heavy (non-hydrogen) atoms. The van der Waals surface area contributed by atoms with Gasteiger partial charge in [0.05, 0.1) is 5.75 Å². The normalized spacial score (nSPS) is 18.0. The molecule has 2 N–H and O–H groups in total. The van der Waals surface area contributed by atoms with Crippen molar-refractivity contribution in [3.63, 3.8) is 0 Å². The first-order valence-electron chi connectivity index (χ1n) is 6.47. The van der Waals surface area contributed by atoms with Crippen LogP contribution in [0.3, 0.4) is 0 Å². The second-order valence-corrected chi connectivity index (χ2v) is 6.58. The zero-order valence-corrected chi connectivity index (χ0v) is 11.8. The number of hydrogen-bond donors (Lipinski definition) is 1. The number of amides is 1. The molecule has 1 rings (SSSR count). The number of nitrogens with zero attached hydrogens (tertiary/aromatic N) is 2. The van der Waals surface area contributed by atoms with Crippen LogP contribution >= 0.6 is 0 Å². The zero-order chi connectivity index (χ0) is 13.6. The highest BCUT2D eigenvalue weighted by molar-refractivity contribution is 7.89. The highest BCUT2D eigenvalue weighted by Crippen LogP contribution is 2.10. The molecule has 7 heteroatoms. The van der Waals surface area contributed by atoms with Gasteiger partial charge in [0, 0.05) is 32.6 Å². The molecule has 0 radical (unpaired) electrons. The second kappa shape index (κ2) is 7.06. The van der Waals surface area contributed by atoms with Crippen molar-refractivity contribution in [2.24, 2.45) is 5.73 Å². The molecule has 1 fully saturated rings. The van der Waals surface area contributed by atoms with Gasteiger partial charge in [0.15, 0.2) is 0 Å². The first-order chi connectivity index (χ1) is 8.51. The lowest BCUT2D eigenvalue weighted by Crippen LogP contribution is -2.51. The summed E-state index contributed by atoms with van der Waals surface area (Å²) < 4.78 is 25.2. The Labute approximate surface area is 109 Å². The predicted octanol–water partition coefficient (Wildman–Crippen LogP) is -0.391. The minimum atomic E-state index is -3.12. The van der Waals surface area contributed by atoms with Gasteiger partial charge in [-0.15, -0.1) is 0 Å². The Morgan fingerprint density at radius 3 is 2.33 bits per heavy atom. The standard InChI is InChI=1S/C11H23N3O3S/c1-2-10-18(16,17)14-8-6-13(7-9-14)11(15)4-3-5-12/h2-10,12H2,1H3. The molecule has 106 valence electrons. The lowest BCUT2D eigenvalue weighted by atomic mass is 10.2. The number of nitrogens with two attached hydrogens (primary N) is 1. The van der Waals surface area contributed by atoms with Gasteiger partial charge in [0.2, 0.25) is 15.9 Å². The topological polar surface area (TPSA) is 83.7 Å². The molecule has 0 atom stereocenters. The van der Waals surface area contributed by atoms with Gasteiger partial charge in [-0.25, -0.2) is 8.42 Å². The zero-order valence-electron chi connectivity index (χ0n) is 11.0. The van der Waals surface area contributed by atoms with E-state index in [-0.39, 0.29) is 11.7 Å². The lowest BCUT2D eigenvalue weighted by molar-refractivity contribution is -0.132. The van der Waals surface area contributed by atoms with Crippen LogP contribution in [0.5, 0.6) is 0 Å². The molecular formula is C11H23N3O3S. The summed E-state index contributed by atoms with van der Waals surface area (Å²) in [6.07, 6.45) is 1.77. The third-order valence-corrected chi connectivity index (χ3v) is 5.12. The average Bonchev–Trinajstić information content (AvgIpc) is 2.36. The smallest absolute Gasteiger partial charge is 0.222 e. The Morgan fingerprint density at radius 1 is 1.22 bits per heavy atom. The first kappa shape index (κ1) is 15.4. The van der Waals surface area contributed by atoms with Crippen LogP contribution < -0.4 is 5.73 Å². The molecule has 6 nitrogen and oxygen atoms in total. The van der Waals surface area contributed by atoms with Gasteiger partial charge < -0.3 is 10.6 Å².